The maximum Gasteiger partial charge on any atom is 0.405 e. The first kappa shape index (κ1) is 21.0. The van der Waals surface area contributed by atoms with Crippen LogP contribution in [0.15, 0.2) is 30.7 Å². The molecule has 0 spiro atoms. The van der Waals surface area contributed by atoms with Gasteiger partial charge in [-0.3, -0.25) is 4.79 Å². The number of pyridine rings is 1. The number of anilines is 1. The van der Waals surface area contributed by atoms with Crippen LogP contribution in [0.2, 0.25) is 5.02 Å². The minimum atomic E-state index is -4.46. The fourth-order valence-electron chi connectivity index (χ4n) is 4.97. The van der Waals surface area contributed by atoms with Gasteiger partial charge in [0.25, 0.3) is 0 Å². The third kappa shape index (κ3) is 3.87. The van der Waals surface area contributed by atoms with Crippen molar-refractivity contribution in [2.45, 2.75) is 31.5 Å². The van der Waals surface area contributed by atoms with Gasteiger partial charge in [-0.25, -0.2) is 15.0 Å². The average Bonchev–Trinajstić information content (AvgIpc) is 3.45. The first-order chi connectivity index (χ1) is 15.3. The molecule has 1 saturated carbocycles. The van der Waals surface area contributed by atoms with Crippen molar-refractivity contribution in [3.8, 4) is 11.4 Å². The van der Waals surface area contributed by atoms with Crippen LogP contribution in [0.25, 0.3) is 22.4 Å². The van der Waals surface area contributed by atoms with E-state index in [4.69, 9.17) is 11.6 Å². The predicted molar refractivity (Wildman–Crippen MR) is 113 cm³/mol. The highest BCUT2D eigenvalue weighted by molar-refractivity contribution is 6.31. The average molecular weight is 465 g/mol. The van der Waals surface area contributed by atoms with E-state index in [-0.39, 0.29) is 11.8 Å². The Morgan fingerprint density at radius 1 is 1.31 bits per heavy atom. The Labute approximate surface area is 186 Å². The van der Waals surface area contributed by atoms with Crippen LogP contribution in [-0.2, 0) is 4.79 Å². The zero-order valence-electron chi connectivity index (χ0n) is 16.9. The molecular weight excluding hydrogens is 445 g/mol. The van der Waals surface area contributed by atoms with Crippen LogP contribution in [0.4, 0.5) is 19.0 Å². The van der Waals surface area contributed by atoms with Crippen molar-refractivity contribution in [3.63, 3.8) is 0 Å². The molecule has 168 valence electrons. The Bertz CT molecular complexity index is 1170. The Morgan fingerprint density at radius 2 is 2.16 bits per heavy atom. The number of rotatable bonds is 4. The molecule has 5 rings (SSSR count). The zero-order chi connectivity index (χ0) is 22.5. The summed E-state index contributed by atoms with van der Waals surface area (Å²) in [5, 5.41) is 3.30. The van der Waals surface area contributed by atoms with Crippen LogP contribution in [-0.4, -0.2) is 51.2 Å². The standard InChI is InChI=1S/C21H20ClF3N6O/c22-12-6-14-15(8-28-18(14)27-7-12)19-26-5-4-16(30-19)31-9-11-2-1-3-13(11)17(31)20(32)29-10-21(23,24)25/h4-8,11,13,17H,1-3,9-10H2,(H,27,28)(H,29,32)/t11-,13-,17-/m1/s1. The maximum atomic E-state index is 12.8. The molecule has 3 aromatic heterocycles. The fraction of sp³-hybridized carbons (Fsp3) is 0.429. The highest BCUT2D eigenvalue weighted by Crippen LogP contribution is 2.44. The van der Waals surface area contributed by atoms with Gasteiger partial charge in [0.05, 0.1) is 5.02 Å². The first-order valence-electron chi connectivity index (χ1n) is 10.4. The van der Waals surface area contributed by atoms with Gasteiger partial charge in [-0.1, -0.05) is 18.0 Å². The molecule has 32 heavy (non-hydrogen) atoms. The molecule has 1 aliphatic carbocycles. The van der Waals surface area contributed by atoms with Crippen LogP contribution in [0.3, 0.4) is 0 Å². The van der Waals surface area contributed by atoms with E-state index in [1.807, 2.05) is 4.90 Å². The minimum Gasteiger partial charge on any atom is -0.345 e. The second kappa shape index (κ2) is 7.91. The summed E-state index contributed by atoms with van der Waals surface area (Å²) in [6.45, 7) is -0.766. The highest BCUT2D eigenvalue weighted by atomic mass is 35.5. The summed E-state index contributed by atoms with van der Waals surface area (Å²) in [5.41, 5.74) is 1.34. The quantitative estimate of drug-likeness (QED) is 0.610. The third-order valence-electron chi connectivity index (χ3n) is 6.30. The molecule has 0 aromatic carbocycles. The smallest absolute Gasteiger partial charge is 0.345 e. The van der Waals surface area contributed by atoms with Crippen molar-refractivity contribution in [1.29, 1.82) is 0 Å². The molecular formula is C21H20ClF3N6O. The van der Waals surface area contributed by atoms with Crippen LogP contribution in [0.1, 0.15) is 19.3 Å². The number of hydrogen-bond donors (Lipinski definition) is 2. The summed E-state index contributed by atoms with van der Waals surface area (Å²) in [6.07, 6.45) is 3.15. The molecule has 2 N–H and O–H groups in total. The lowest BCUT2D eigenvalue weighted by Gasteiger charge is -2.28. The van der Waals surface area contributed by atoms with Gasteiger partial charge in [-0.2, -0.15) is 13.2 Å². The number of nitrogens with zero attached hydrogens (tertiary/aromatic N) is 4. The van der Waals surface area contributed by atoms with E-state index in [0.29, 0.717) is 34.4 Å². The van der Waals surface area contributed by atoms with Crippen LogP contribution in [0, 0.1) is 11.8 Å². The SMILES string of the molecule is O=C(NCC(F)(F)F)[C@H]1[C@@H]2CCC[C@@H]2CN1c1ccnc(-c2c[nH]c3ncc(Cl)cc23)n1. The highest BCUT2D eigenvalue weighted by Gasteiger charge is 2.48. The predicted octanol–water partition coefficient (Wildman–Crippen LogP) is 3.96. The summed E-state index contributed by atoms with van der Waals surface area (Å²) < 4.78 is 38.1. The molecule has 3 atom stereocenters. The lowest BCUT2D eigenvalue weighted by molar-refractivity contribution is -0.139. The molecule has 0 unspecified atom stereocenters. The molecule has 0 bridgehead atoms. The van der Waals surface area contributed by atoms with Gasteiger partial charge in [-0.05, 0) is 36.8 Å². The number of halogens is 4. The minimum absolute atomic E-state index is 0.0118. The zero-order valence-corrected chi connectivity index (χ0v) is 17.6. The molecule has 11 heteroatoms. The number of fused-ring (bicyclic) bond motifs is 2. The van der Waals surface area contributed by atoms with E-state index >= 15 is 0 Å². The number of aromatic amines is 1. The summed E-state index contributed by atoms with van der Waals surface area (Å²) in [7, 11) is 0. The van der Waals surface area contributed by atoms with Crippen molar-refractivity contribution in [2.24, 2.45) is 11.8 Å². The van der Waals surface area contributed by atoms with Crippen molar-refractivity contribution in [2.75, 3.05) is 18.0 Å². The molecule has 2 aliphatic rings. The molecule has 1 aliphatic heterocycles. The van der Waals surface area contributed by atoms with E-state index in [1.165, 1.54) is 6.20 Å². The topological polar surface area (TPSA) is 86.8 Å². The molecule has 7 nitrogen and oxygen atoms in total. The van der Waals surface area contributed by atoms with E-state index in [9.17, 15) is 18.0 Å². The summed E-state index contributed by atoms with van der Waals surface area (Å²) in [5.74, 6) is 0.592. The Morgan fingerprint density at radius 3 is 2.97 bits per heavy atom. The third-order valence-corrected chi connectivity index (χ3v) is 6.50. The molecule has 3 aromatic rings. The van der Waals surface area contributed by atoms with Crippen molar-refractivity contribution < 1.29 is 18.0 Å². The van der Waals surface area contributed by atoms with Crippen LogP contribution >= 0.6 is 11.6 Å². The maximum absolute atomic E-state index is 12.8. The number of hydrogen-bond acceptors (Lipinski definition) is 5. The second-order valence-electron chi connectivity index (χ2n) is 8.28. The fourth-order valence-corrected chi connectivity index (χ4v) is 5.13. The van der Waals surface area contributed by atoms with E-state index in [1.54, 1.807) is 24.5 Å². The Kier molecular flexibility index (Phi) is 5.19. The van der Waals surface area contributed by atoms with Gasteiger partial charge in [0.1, 0.15) is 24.1 Å². The van der Waals surface area contributed by atoms with E-state index in [0.717, 1.165) is 24.6 Å². The number of H-pyrrole nitrogens is 1. The summed E-state index contributed by atoms with van der Waals surface area (Å²) >= 11 is 6.09. The molecule has 2 fully saturated rings. The lowest BCUT2D eigenvalue weighted by Crippen LogP contribution is -2.48. The second-order valence-corrected chi connectivity index (χ2v) is 8.71. The van der Waals surface area contributed by atoms with Gasteiger partial charge in [0, 0.05) is 36.1 Å². The first-order valence-corrected chi connectivity index (χ1v) is 10.7. The Hall–Kier alpha value is -2.88. The van der Waals surface area contributed by atoms with Crippen molar-refractivity contribution in [1.82, 2.24) is 25.3 Å². The molecule has 1 amide bonds. The van der Waals surface area contributed by atoms with Gasteiger partial charge in [0.2, 0.25) is 5.91 Å². The van der Waals surface area contributed by atoms with Gasteiger partial charge in [-0.15, -0.1) is 0 Å². The number of nitrogens with one attached hydrogen (secondary N) is 2. The number of aromatic nitrogens is 4. The van der Waals surface area contributed by atoms with Crippen molar-refractivity contribution in [3.05, 3.63) is 35.7 Å². The number of amides is 1. The van der Waals surface area contributed by atoms with E-state index in [2.05, 4.69) is 25.3 Å². The van der Waals surface area contributed by atoms with Crippen molar-refractivity contribution >= 4 is 34.4 Å². The van der Waals surface area contributed by atoms with Gasteiger partial charge < -0.3 is 15.2 Å². The largest absolute Gasteiger partial charge is 0.405 e. The van der Waals surface area contributed by atoms with E-state index < -0.39 is 24.7 Å². The van der Waals surface area contributed by atoms with Crippen LogP contribution < -0.4 is 10.2 Å². The summed E-state index contributed by atoms with van der Waals surface area (Å²) in [6, 6.07) is 2.76. The Balaban J connectivity index is 1.48. The van der Waals surface area contributed by atoms with Gasteiger partial charge >= 0.3 is 6.18 Å². The summed E-state index contributed by atoms with van der Waals surface area (Å²) in [4.78, 5) is 31.0. The molecule has 4 heterocycles. The van der Waals surface area contributed by atoms with Gasteiger partial charge in [0.15, 0.2) is 5.82 Å². The number of alkyl halides is 3. The number of carbonyl (C=O) groups is 1. The normalized spacial score (nSPS) is 23.0. The monoisotopic (exact) mass is 464 g/mol. The molecule has 0 radical (unpaired) electrons. The lowest BCUT2D eigenvalue weighted by atomic mass is 9.93. The number of carbonyl (C=O) groups excluding carboxylic acids is 1. The molecule has 1 saturated heterocycles. The van der Waals surface area contributed by atoms with Crippen LogP contribution in [0.5, 0.6) is 0 Å².